The van der Waals surface area contributed by atoms with E-state index in [9.17, 15) is 9.59 Å². The highest BCUT2D eigenvalue weighted by Crippen LogP contribution is 2.15. The number of Topliss-reactive ketones (excluding diaryl/α,β-unsaturated/α-hetero) is 1. The van der Waals surface area contributed by atoms with Crippen LogP contribution in [0.5, 0.6) is 0 Å². The summed E-state index contributed by atoms with van der Waals surface area (Å²) in [4.78, 5) is 24.1. The summed E-state index contributed by atoms with van der Waals surface area (Å²) in [5, 5.41) is 8.50. The molecule has 0 fully saturated rings. The smallest absolute Gasteiger partial charge is 0.303 e. The van der Waals surface area contributed by atoms with Gasteiger partial charge in [0.2, 0.25) is 0 Å². The second-order valence-corrected chi connectivity index (χ2v) is 4.12. The number of nitrogens with zero attached hydrogens (tertiary/aromatic N) is 1. The standard InChI is InChI=1S/C13H17NO3/c1-14(2)11-6-3-5-10(9-11)12(15)7-4-8-13(16)17/h3,5-6,9H,4,7-8H2,1-2H3,(H,16,17). The van der Waals surface area contributed by atoms with E-state index in [2.05, 4.69) is 0 Å². The van der Waals surface area contributed by atoms with Crippen molar-refractivity contribution in [3.63, 3.8) is 0 Å². The molecule has 17 heavy (non-hydrogen) atoms. The minimum atomic E-state index is -0.861. The fourth-order valence-corrected chi connectivity index (χ4v) is 1.50. The van der Waals surface area contributed by atoms with Crippen molar-refractivity contribution < 1.29 is 14.7 Å². The van der Waals surface area contributed by atoms with Crippen molar-refractivity contribution in [1.82, 2.24) is 0 Å². The number of anilines is 1. The SMILES string of the molecule is CN(C)c1cccc(C(=O)CCCC(=O)O)c1. The zero-order valence-electron chi connectivity index (χ0n) is 10.1. The Labute approximate surface area is 101 Å². The summed E-state index contributed by atoms with van der Waals surface area (Å²) in [5.41, 5.74) is 1.61. The minimum absolute atomic E-state index is 0.00468. The predicted octanol–water partition coefficient (Wildman–Crippen LogP) is 2.19. The van der Waals surface area contributed by atoms with E-state index in [1.807, 2.05) is 37.2 Å². The van der Waals surface area contributed by atoms with E-state index in [0.717, 1.165) is 5.69 Å². The van der Waals surface area contributed by atoms with Crippen LogP contribution in [0.3, 0.4) is 0 Å². The maximum atomic E-state index is 11.8. The molecule has 0 bridgehead atoms. The average Bonchev–Trinajstić information content (AvgIpc) is 2.28. The van der Waals surface area contributed by atoms with E-state index in [4.69, 9.17) is 5.11 Å². The number of benzene rings is 1. The Bertz CT molecular complexity index is 413. The Hall–Kier alpha value is -1.84. The van der Waals surface area contributed by atoms with E-state index in [0.29, 0.717) is 12.0 Å². The molecule has 1 N–H and O–H groups in total. The molecule has 0 aliphatic carbocycles. The number of ketones is 1. The van der Waals surface area contributed by atoms with Crippen molar-refractivity contribution in [1.29, 1.82) is 0 Å². The van der Waals surface area contributed by atoms with Crippen molar-refractivity contribution in [2.75, 3.05) is 19.0 Å². The third kappa shape index (κ3) is 4.26. The van der Waals surface area contributed by atoms with Crippen LogP contribution in [0.15, 0.2) is 24.3 Å². The number of carbonyl (C=O) groups is 2. The Morgan fingerprint density at radius 3 is 2.53 bits per heavy atom. The number of hydrogen-bond donors (Lipinski definition) is 1. The molecule has 1 rings (SSSR count). The number of carboxylic acid groups (broad SMARTS) is 1. The van der Waals surface area contributed by atoms with E-state index in [1.165, 1.54) is 0 Å². The number of carbonyl (C=O) groups excluding carboxylic acids is 1. The average molecular weight is 235 g/mol. The molecule has 0 unspecified atom stereocenters. The Morgan fingerprint density at radius 1 is 1.24 bits per heavy atom. The Morgan fingerprint density at radius 2 is 1.94 bits per heavy atom. The fraction of sp³-hybridized carbons (Fsp3) is 0.385. The lowest BCUT2D eigenvalue weighted by Gasteiger charge is -2.13. The van der Waals surface area contributed by atoms with Crippen molar-refractivity contribution in [2.45, 2.75) is 19.3 Å². The zero-order chi connectivity index (χ0) is 12.8. The lowest BCUT2D eigenvalue weighted by atomic mass is 10.0. The highest BCUT2D eigenvalue weighted by molar-refractivity contribution is 5.97. The molecule has 4 heteroatoms. The van der Waals surface area contributed by atoms with Gasteiger partial charge in [0.1, 0.15) is 0 Å². The van der Waals surface area contributed by atoms with Crippen molar-refractivity contribution >= 4 is 17.4 Å². The summed E-state index contributed by atoms with van der Waals surface area (Å²) in [5.74, 6) is -0.866. The number of hydrogen-bond acceptors (Lipinski definition) is 3. The van der Waals surface area contributed by atoms with E-state index >= 15 is 0 Å². The van der Waals surface area contributed by atoms with Crippen LogP contribution in [0.2, 0.25) is 0 Å². The van der Waals surface area contributed by atoms with Gasteiger partial charge in [-0.15, -0.1) is 0 Å². The summed E-state index contributed by atoms with van der Waals surface area (Å²) in [6, 6.07) is 7.34. The fourth-order valence-electron chi connectivity index (χ4n) is 1.50. The van der Waals surface area contributed by atoms with E-state index in [-0.39, 0.29) is 18.6 Å². The molecule has 0 saturated carbocycles. The first-order valence-corrected chi connectivity index (χ1v) is 5.53. The monoisotopic (exact) mass is 235 g/mol. The normalized spacial score (nSPS) is 10.0. The Kier molecular flexibility index (Phi) is 4.69. The number of rotatable bonds is 6. The molecule has 1 aromatic rings. The van der Waals surface area contributed by atoms with Gasteiger partial charge in [-0.25, -0.2) is 0 Å². The van der Waals surface area contributed by atoms with Crippen LogP contribution in [0, 0.1) is 0 Å². The molecule has 0 aliphatic heterocycles. The van der Waals surface area contributed by atoms with Crippen LogP contribution in [-0.4, -0.2) is 31.0 Å². The number of carboxylic acids is 1. The highest BCUT2D eigenvalue weighted by atomic mass is 16.4. The molecular formula is C13H17NO3. The van der Waals surface area contributed by atoms with Gasteiger partial charge in [0, 0.05) is 38.2 Å². The molecule has 0 spiro atoms. The highest BCUT2D eigenvalue weighted by Gasteiger charge is 2.08. The summed E-state index contributed by atoms with van der Waals surface area (Å²) >= 11 is 0. The van der Waals surface area contributed by atoms with Crippen molar-refractivity contribution in [2.24, 2.45) is 0 Å². The quantitative estimate of drug-likeness (QED) is 0.768. The van der Waals surface area contributed by atoms with Gasteiger partial charge < -0.3 is 10.0 Å². The van der Waals surface area contributed by atoms with Gasteiger partial charge in [0.15, 0.2) is 5.78 Å². The van der Waals surface area contributed by atoms with Gasteiger partial charge in [0.05, 0.1) is 0 Å². The molecule has 4 nitrogen and oxygen atoms in total. The molecule has 0 radical (unpaired) electrons. The second kappa shape index (κ2) is 6.03. The first kappa shape index (κ1) is 13.2. The maximum absolute atomic E-state index is 11.8. The summed E-state index contributed by atoms with van der Waals surface area (Å²) in [6.45, 7) is 0. The largest absolute Gasteiger partial charge is 0.481 e. The van der Waals surface area contributed by atoms with Crippen LogP contribution < -0.4 is 4.90 Å². The van der Waals surface area contributed by atoms with Crippen molar-refractivity contribution in [3.8, 4) is 0 Å². The summed E-state index contributed by atoms with van der Waals surface area (Å²) in [6.07, 6.45) is 0.711. The first-order valence-electron chi connectivity index (χ1n) is 5.53. The zero-order valence-corrected chi connectivity index (χ0v) is 10.1. The lowest BCUT2D eigenvalue weighted by molar-refractivity contribution is -0.137. The maximum Gasteiger partial charge on any atom is 0.303 e. The van der Waals surface area contributed by atoms with Gasteiger partial charge in [-0.2, -0.15) is 0 Å². The van der Waals surface area contributed by atoms with E-state index < -0.39 is 5.97 Å². The van der Waals surface area contributed by atoms with Crippen LogP contribution in [0.1, 0.15) is 29.6 Å². The minimum Gasteiger partial charge on any atom is -0.481 e. The molecule has 0 aromatic heterocycles. The van der Waals surface area contributed by atoms with Crippen LogP contribution in [0.25, 0.3) is 0 Å². The third-order valence-electron chi connectivity index (χ3n) is 2.48. The molecule has 0 amide bonds. The molecule has 0 aliphatic rings. The van der Waals surface area contributed by atoms with Crippen molar-refractivity contribution in [3.05, 3.63) is 29.8 Å². The first-order chi connectivity index (χ1) is 8.00. The predicted molar refractivity (Wildman–Crippen MR) is 66.6 cm³/mol. The van der Waals surface area contributed by atoms with E-state index in [1.54, 1.807) is 6.07 Å². The molecule has 0 saturated heterocycles. The molecule has 92 valence electrons. The molecule has 1 aromatic carbocycles. The van der Waals surface area contributed by atoms with Crippen LogP contribution in [0.4, 0.5) is 5.69 Å². The van der Waals surface area contributed by atoms with Gasteiger partial charge in [0.25, 0.3) is 0 Å². The van der Waals surface area contributed by atoms with Gasteiger partial charge in [-0.3, -0.25) is 9.59 Å². The topological polar surface area (TPSA) is 57.6 Å². The summed E-state index contributed by atoms with van der Waals surface area (Å²) < 4.78 is 0. The lowest BCUT2D eigenvalue weighted by Crippen LogP contribution is -2.10. The Balaban J connectivity index is 2.62. The molecule has 0 atom stereocenters. The van der Waals surface area contributed by atoms with Gasteiger partial charge >= 0.3 is 5.97 Å². The van der Waals surface area contributed by atoms with Crippen LogP contribution >= 0.6 is 0 Å². The third-order valence-corrected chi connectivity index (χ3v) is 2.48. The molecule has 0 heterocycles. The molecular weight excluding hydrogens is 218 g/mol. The van der Waals surface area contributed by atoms with Gasteiger partial charge in [-0.05, 0) is 18.6 Å². The number of aliphatic carboxylic acids is 1. The van der Waals surface area contributed by atoms with Crippen LogP contribution in [-0.2, 0) is 4.79 Å². The summed E-state index contributed by atoms with van der Waals surface area (Å²) in [7, 11) is 3.82. The van der Waals surface area contributed by atoms with Gasteiger partial charge in [-0.1, -0.05) is 12.1 Å². The second-order valence-electron chi connectivity index (χ2n) is 4.12.